The van der Waals surface area contributed by atoms with E-state index >= 15 is 0 Å². The number of thiophene rings is 1. The number of benzene rings is 2. The standard InChI is InChI=1S/C20H18N2O2S/c23-11-15-7-14(5-6-17(15)19-10-22-13-24-19)8-21-9-16-12-25-20-4-2-1-3-18(16)20/h1-7,10,12-13,21,23H,8-9,11H2. The van der Waals surface area contributed by atoms with Gasteiger partial charge in [0.05, 0.1) is 12.8 Å². The minimum atomic E-state index is -0.0287. The van der Waals surface area contributed by atoms with E-state index in [2.05, 4.69) is 46.0 Å². The van der Waals surface area contributed by atoms with E-state index in [9.17, 15) is 5.11 Å². The van der Waals surface area contributed by atoms with Crippen LogP contribution in [-0.2, 0) is 19.7 Å². The van der Waals surface area contributed by atoms with Crippen LogP contribution >= 0.6 is 11.3 Å². The highest BCUT2D eigenvalue weighted by molar-refractivity contribution is 7.17. The molecule has 2 aromatic heterocycles. The van der Waals surface area contributed by atoms with Crippen LogP contribution in [0.1, 0.15) is 16.7 Å². The molecule has 0 amide bonds. The first-order valence-corrected chi connectivity index (χ1v) is 9.00. The van der Waals surface area contributed by atoms with Gasteiger partial charge in [0, 0.05) is 23.4 Å². The fourth-order valence-electron chi connectivity index (χ4n) is 2.99. The Kier molecular flexibility index (Phi) is 4.61. The van der Waals surface area contributed by atoms with E-state index in [0.29, 0.717) is 5.76 Å². The van der Waals surface area contributed by atoms with Crippen molar-refractivity contribution in [3.05, 3.63) is 77.1 Å². The van der Waals surface area contributed by atoms with Crippen LogP contribution in [0.2, 0.25) is 0 Å². The molecule has 0 saturated heterocycles. The molecule has 2 aromatic carbocycles. The zero-order valence-electron chi connectivity index (χ0n) is 13.6. The molecule has 0 spiro atoms. The van der Waals surface area contributed by atoms with E-state index in [0.717, 1.165) is 29.8 Å². The number of aromatic nitrogens is 1. The van der Waals surface area contributed by atoms with E-state index in [1.165, 1.54) is 22.0 Å². The van der Waals surface area contributed by atoms with Gasteiger partial charge in [-0.25, -0.2) is 4.98 Å². The molecule has 5 heteroatoms. The van der Waals surface area contributed by atoms with Gasteiger partial charge < -0.3 is 14.8 Å². The van der Waals surface area contributed by atoms with Gasteiger partial charge in [-0.2, -0.15) is 0 Å². The first-order chi connectivity index (χ1) is 12.3. The summed E-state index contributed by atoms with van der Waals surface area (Å²) in [5.41, 5.74) is 4.18. The Labute approximate surface area is 149 Å². The maximum Gasteiger partial charge on any atom is 0.181 e. The zero-order valence-corrected chi connectivity index (χ0v) is 14.4. The number of nitrogens with zero attached hydrogens (tertiary/aromatic N) is 1. The number of hydrogen-bond donors (Lipinski definition) is 2. The Hall–Kier alpha value is -2.47. The lowest BCUT2D eigenvalue weighted by atomic mass is 10.0. The van der Waals surface area contributed by atoms with Gasteiger partial charge in [0.1, 0.15) is 0 Å². The van der Waals surface area contributed by atoms with Crippen molar-refractivity contribution in [2.24, 2.45) is 0 Å². The highest BCUT2D eigenvalue weighted by atomic mass is 32.1. The number of nitrogens with one attached hydrogen (secondary N) is 1. The summed E-state index contributed by atoms with van der Waals surface area (Å²) in [5, 5.41) is 16.7. The second-order valence-electron chi connectivity index (χ2n) is 5.88. The van der Waals surface area contributed by atoms with Gasteiger partial charge in [-0.1, -0.05) is 36.4 Å². The third kappa shape index (κ3) is 3.35. The summed E-state index contributed by atoms with van der Waals surface area (Å²) < 4.78 is 6.65. The highest BCUT2D eigenvalue weighted by Gasteiger charge is 2.09. The van der Waals surface area contributed by atoms with Gasteiger partial charge in [-0.05, 0) is 33.5 Å². The monoisotopic (exact) mass is 350 g/mol. The van der Waals surface area contributed by atoms with Crippen molar-refractivity contribution in [3.8, 4) is 11.3 Å². The molecular weight excluding hydrogens is 332 g/mol. The van der Waals surface area contributed by atoms with Crippen molar-refractivity contribution < 1.29 is 9.52 Å². The molecular formula is C20H18N2O2S. The Morgan fingerprint density at radius 3 is 2.84 bits per heavy atom. The molecule has 4 rings (SSSR count). The lowest BCUT2D eigenvalue weighted by Crippen LogP contribution is -2.12. The summed E-state index contributed by atoms with van der Waals surface area (Å²) in [5.74, 6) is 0.674. The Morgan fingerprint density at radius 1 is 1.08 bits per heavy atom. The average molecular weight is 350 g/mol. The Balaban J connectivity index is 1.46. The van der Waals surface area contributed by atoms with Gasteiger partial charge in [0.25, 0.3) is 0 Å². The number of oxazole rings is 1. The molecule has 4 aromatic rings. The minimum Gasteiger partial charge on any atom is -0.444 e. The fraction of sp³-hybridized carbons (Fsp3) is 0.150. The molecule has 4 nitrogen and oxygen atoms in total. The maximum atomic E-state index is 9.65. The van der Waals surface area contributed by atoms with Gasteiger partial charge in [0.2, 0.25) is 0 Å². The summed E-state index contributed by atoms with van der Waals surface area (Å²) >= 11 is 1.78. The fourth-order valence-corrected chi connectivity index (χ4v) is 3.95. The van der Waals surface area contributed by atoms with Crippen LogP contribution in [-0.4, -0.2) is 10.1 Å². The normalized spacial score (nSPS) is 11.2. The van der Waals surface area contributed by atoms with Crippen LogP contribution in [0, 0.1) is 0 Å². The molecule has 2 N–H and O–H groups in total. The molecule has 0 fully saturated rings. The lowest BCUT2D eigenvalue weighted by Gasteiger charge is -2.09. The van der Waals surface area contributed by atoms with E-state index in [1.807, 2.05) is 12.1 Å². The van der Waals surface area contributed by atoms with Crippen molar-refractivity contribution in [1.82, 2.24) is 10.3 Å². The van der Waals surface area contributed by atoms with E-state index < -0.39 is 0 Å². The van der Waals surface area contributed by atoms with Crippen LogP contribution in [0.4, 0.5) is 0 Å². The van der Waals surface area contributed by atoms with Crippen LogP contribution in [0.15, 0.2) is 64.9 Å². The SMILES string of the molecule is OCc1cc(CNCc2csc3ccccc23)ccc1-c1cnco1. The molecule has 0 aliphatic rings. The minimum absolute atomic E-state index is 0.0287. The quantitative estimate of drug-likeness (QED) is 0.543. The molecule has 0 atom stereocenters. The topological polar surface area (TPSA) is 58.3 Å². The van der Waals surface area contributed by atoms with Crippen molar-refractivity contribution >= 4 is 21.4 Å². The molecule has 0 saturated carbocycles. The summed E-state index contributed by atoms with van der Waals surface area (Å²) in [6.45, 7) is 1.54. The molecule has 2 heterocycles. The Bertz CT molecular complexity index is 976. The lowest BCUT2D eigenvalue weighted by molar-refractivity contribution is 0.282. The Morgan fingerprint density at radius 2 is 2.00 bits per heavy atom. The first-order valence-electron chi connectivity index (χ1n) is 8.12. The largest absolute Gasteiger partial charge is 0.444 e. The highest BCUT2D eigenvalue weighted by Crippen LogP contribution is 2.26. The number of hydrogen-bond acceptors (Lipinski definition) is 5. The number of fused-ring (bicyclic) bond motifs is 1. The average Bonchev–Trinajstić information content (AvgIpc) is 3.32. The van der Waals surface area contributed by atoms with Crippen LogP contribution in [0.3, 0.4) is 0 Å². The van der Waals surface area contributed by atoms with Gasteiger partial charge in [-0.15, -0.1) is 11.3 Å². The third-order valence-corrected chi connectivity index (χ3v) is 5.26. The second-order valence-corrected chi connectivity index (χ2v) is 6.79. The molecule has 0 aliphatic heterocycles. The van der Waals surface area contributed by atoms with Gasteiger partial charge >= 0.3 is 0 Å². The summed E-state index contributed by atoms with van der Waals surface area (Å²) in [6.07, 6.45) is 3.06. The molecule has 25 heavy (non-hydrogen) atoms. The first kappa shape index (κ1) is 16.0. The van der Waals surface area contributed by atoms with Gasteiger partial charge in [-0.3, -0.25) is 0 Å². The van der Waals surface area contributed by atoms with Crippen molar-refractivity contribution in [2.45, 2.75) is 19.7 Å². The third-order valence-electron chi connectivity index (χ3n) is 4.24. The zero-order chi connectivity index (χ0) is 17.1. The summed E-state index contributed by atoms with van der Waals surface area (Å²) in [7, 11) is 0. The molecule has 0 aliphatic carbocycles. The van der Waals surface area contributed by atoms with E-state index in [4.69, 9.17) is 4.42 Å². The second kappa shape index (κ2) is 7.19. The predicted octanol–water partition coefficient (Wildman–Crippen LogP) is 4.34. The molecule has 0 radical (unpaired) electrons. The molecule has 126 valence electrons. The van der Waals surface area contributed by atoms with Crippen LogP contribution in [0.25, 0.3) is 21.4 Å². The maximum absolute atomic E-state index is 9.65. The summed E-state index contributed by atoms with van der Waals surface area (Å²) in [6, 6.07) is 14.5. The number of rotatable bonds is 6. The van der Waals surface area contributed by atoms with E-state index in [1.54, 1.807) is 17.5 Å². The summed E-state index contributed by atoms with van der Waals surface area (Å²) in [4.78, 5) is 3.94. The van der Waals surface area contributed by atoms with Crippen molar-refractivity contribution in [3.63, 3.8) is 0 Å². The van der Waals surface area contributed by atoms with Gasteiger partial charge in [0.15, 0.2) is 12.2 Å². The molecule has 0 bridgehead atoms. The van der Waals surface area contributed by atoms with Crippen LogP contribution in [0.5, 0.6) is 0 Å². The predicted molar refractivity (Wildman–Crippen MR) is 100 cm³/mol. The van der Waals surface area contributed by atoms with Crippen molar-refractivity contribution in [2.75, 3.05) is 0 Å². The number of aliphatic hydroxyl groups excluding tert-OH is 1. The van der Waals surface area contributed by atoms with Crippen molar-refractivity contribution in [1.29, 1.82) is 0 Å². The smallest absolute Gasteiger partial charge is 0.181 e. The van der Waals surface area contributed by atoms with Crippen LogP contribution < -0.4 is 5.32 Å². The van der Waals surface area contributed by atoms with E-state index in [-0.39, 0.29) is 6.61 Å². The molecule has 0 unspecified atom stereocenters. The number of aliphatic hydroxyl groups is 1.